The number of H-pyrrole nitrogens is 2. The molecule has 0 atom stereocenters. The van der Waals surface area contributed by atoms with Crippen molar-refractivity contribution in [2.45, 2.75) is 33.3 Å². The van der Waals surface area contributed by atoms with Crippen LogP contribution in [0.1, 0.15) is 40.9 Å². The van der Waals surface area contributed by atoms with Gasteiger partial charge in [0.05, 0.1) is 33.3 Å². The molecular formula is C32H27ClN4O4. The van der Waals surface area contributed by atoms with Crippen LogP contribution in [0.2, 0.25) is 5.02 Å². The summed E-state index contributed by atoms with van der Waals surface area (Å²) in [6, 6.07) is 17.7. The minimum absolute atomic E-state index is 0.223. The normalized spacial score (nSPS) is 12.0. The molecule has 0 aliphatic rings. The maximum absolute atomic E-state index is 13.5. The minimum Gasteiger partial charge on any atom is -0.386 e. The van der Waals surface area contributed by atoms with E-state index in [1.807, 2.05) is 44.2 Å². The third-order valence-corrected chi connectivity index (χ3v) is 7.97. The maximum atomic E-state index is 13.5. The summed E-state index contributed by atoms with van der Waals surface area (Å²) in [5, 5.41) is 12.7. The number of nitrogens with zero attached hydrogens (tertiary/aromatic N) is 1. The zero-order valence-corrected chi connectivity index (χ0v) is 23.6. The van der Waals surface area contributed by atoms with E-state index < -0.39 is 22.8 Å². The van der Waals surface area contributed by atoms with Crippen molar-refractivity contribution >= 4 is 50.2 Å². The highest BCUT2D eigenvalue weighted by Crippen LogP contribution is 2.43. The third kappa shape index (κ3) is 4.15. The number of nitrogens with two attached hydrogens (primary N) is 1. The van der Waals surface area contributed by atoms with Crippen molar-refractivity contribution < 1.29 is 9.90 Å². The fraction of sp³-hybridized carbons (Fsp3) is 0.156. The highest BCUT2D eigenvalue weighted by atomic mass is 35.5. The Hall–Kier alpha value is -4.66. The molecule has 0 saturated carbocycles. The van der Waals surface area contributed by atoms with Crippen molar-refractivity contribution in [1.29, 1.82) is 0 Å². The predicted octanol–water partition coefficient (Wildman–Crippen LogP) is 5.58. The van der Waals surface area contributed by atoms with Gasteiger partial charge in [-0.2, -0.15) is 0 Å². The Morgan fingerprint density at radius 2 is 1.66 bits per heavy atom. The highest BCUT2D eigenvalue weighted by Gasteiger charge is 2.24. The van der Waals surface area contributed by atoms with E-state index in [4.69, 9.17) is 17.3 Å². The smallest absolute Gasteiger partial charge is 0.333 e. The lowest BCUT2D eigenvalue weighted by atomic mass is 9.92. The van der Waals surface area contributed by atoms with Crippen molar-refractivity contribution in [3.63, 3.8) is 0 Å². The number of aryl methyl sites for hydroxylation is 1. The Kier molecular flexibility index (Phi) is 5.95. The number of carbonyl (C=O) groups is 1. The number of rotatable bonds is 4. The molecule has 0 saturated heterocycles. The van der Waals surface area contributed by atoms with Crippen LogP contribution in [-0.2, 0) is 5.60 Å². The number of amides is 1. The monoisotopic (exact) mass is 566 g/mol. The lowest BCUT2D eigenvalue weighted by Crippen LogP contribution is -2.34. The van der Waals surface area contributed by atoms with E-state index in [1.165, 1.54) is 6.07 Å². The zero-order valence-electron chi connectivity index (χ0n) is 22.8. The minimum atomic E-state index is -1.08. The molecule has 206 valence electrons. The first kappa shape index (κ1) is 26.6. The van der Waals surface area contributed by atoms with Gasteiger partial charge in [-0.15, -0.1) is 0 Å². The zero-order chi connectivity index (χ0) is 29.4. The van der Waals surface area contributed by atoms with Crippen molar-refractivity contribution in [2.75, 3.05) is 0 Å². The van der Waals surface area contributed by atoms with E-state index >= 15 is 0 Å². The number of aromatic amines is 2. The van der Waals surface area contributed by atoms with E-state index in [0.717, 1.165) is 15.5 Å². The molecule has 0 bridgehead atoms. The lowest BCUT2D eigenvalue weighted by molar-refractivity contribution is 0.0787. The molecular weight excluding hydrogens is 540 g/mol. The first-order valence-electron chi connectivity index (χ1n) is 13.0. The Bertz CT molecular complexity index is 2200. The van der Waals surface area contributed by atoms with Crippen LogP contribution in [-0.4, -0.2) is 25.5 Å². The van der Waals surface area contributed by atoms with Crippen molar-refractivity contribution in [3.05, 3.63) is 109 Å². The number of nitrogens with one attached hydrogen (secondary N) is 2. The van der Waals surface area contributed by atoms with Crippen molar-refractivity contribution in [1.82, 2.24) is 14.5 Å². The van der Waals surface area contributed by atoms with Gasteiger partial charge in [-0.05, 0) is 80.3 Å². The fourth-order valence-corrected chi connectivity index (χ4v) is 5.88. The van der Waals surface area contributed by atoms with Crippen molar-refractivity contribution in [3.8, 4) is 16.8 Å². The second-order valence-electron chi connectivity index (χ2n) is 10.9. The lowest BCUT2D eigenvalue weighted by Gasteiger charge is -2.18. The molecule has 0 unspecified atom stereocenters. The van der Waals surface area contributed by atoms with Crippen LogP contribution in [0.3, 0.4) is 0 Å². The van der Waals surface area contributed by atoms with Crippen LogP contribution in [0, 0.1) is 13.8 Å². The Labute approximate surface area is 239 Å². The molecule has 0 aliphatic carbocycles. The summed E-state index contributed by atoms with van der Waals surface area (Å²) in [6.45, 7) is 7.10. The van der Waals surface area contributed by atoms with Gasteiger partial charge in [0.25, 0.3) is 11.5 Å². The summed E-state index contributed by atoms with van der Waals surface area (Å²) < 4.78 is 1.13. The molecule has 1 amide bonds. The van der Waals surface area contributed by atoms with Gasteiger partial charge in [0.15, 0.2) is 0 Å². The Morgan fingerprint density at radius 3 is 2.37 bits per heavy atom. The summed E-state index contributed by atoms with van der Waals surface area (Å²) in [6.07, 6.45) is 0. The molecule has 0 aliphatic heterocycles. The van der Waals surface area contributed by atoms with E-state index in [1.54, 1.807) is 38.1 Å². The fourth-order valence-electron chi connectivity index (χ4n) is 5.57. The first-order chi connectivity index (χ1) is 19.4. The second-order valence-corrected chi connectivity index (χ2v) is 11.3. The number of carbonyl (C=O) groups excluding carboxylic acids is 1. The summed E-state index contributed by atoms with van der Waals surface area (Å²) in [5.41, 5.74) is 9.52. The quantitative estimate of drug-likeness (QED) is 0.222. The number of hydrogen-bond donors (Lipinski definition) is 4. The Balaban J connectivity index is 1.68. The SMILES string of the molecule is Cc1ccc2c(=O)n(-c3cccc(-c4c(Cl)cc(C(N)=O)c5[nH]c6cc(C(C)(C)O)ccc6c45)c3C)c(=O)[nH]c2c1. The average molecular weight is 567 g/mol. The molecule has 2 heterocycles. The van der Waals surface area contributed by atoms with Crippen molar-refractivity contribution in [2.24, 2.45) is 5.73 Å². The predicted molar refractivity (Wildman–Crippen MR) is 163 cm³/mol. The molecule has 0 fully saturated rings. The van der Waals surface area contributed by atoms with Crippen LogP contribution < -0.4 is 17.0 Å². The largest absolute Gasteiger partial charge is 0.386 e. The van der Waals surface area contributed by atoms with Gasteiger partial charge >= 0.3 is 5.69 Å². The first-order valence-corrected chi connectivity index (χ1v) is 13.4. The van der Waals surface area contributed by atoms with Crippen LogP contribution in [0.5, 0.6) is 0 Å². The molecule has 8 nitrogen and oxygen atoms in total. The Morgan fingerprint density at radius 1 is 0.951 bits per heavy atom. The third-order valence-electron chi connectivity index (χ3n) is 7.67. The number of aromatic nitrogens is 3. The highest BCUT2D eigenvalue weighted by molar-refractivity contribution is 6.37. The van der Waals surface area contributed by atoms with Gasteiger partial charge in [-0.25, -0.2) is 9.36 Å². The number of halogens is 1. The molecule has 5 N–H and O–H groups in total. The van der Waals surface area contributed by atoms with Crippen LogP contribution in [0.15, 0.2) is 70.3 Å². The number of benzene rings is 4. The topological polar surface area (TPSA) is 134 Å². The molecule has 0 spiro atoms. The summed E-state index contributed by atoms with van der Waals surface area (Å²) in [4.78, 5) is 45.3. The second kappa shape index (κ2) is 9.19. The van der Waals surface area contributed by atoms with Gasteiger partial charge in [0.2, 0.25) is 0 Å². The van der Waals surface area contributed by atoms with Gasteiger partial charge in [0, 0.05) is 26.9 Å². The molecule has 0 radical (unpaired) electrons. The molecule has 41 heavy (non-hydrogen) atoms. The van der Waals surface area contributed by atoms with Crippen LogP contribution >= 0.6 is 11.6 Å². The van der Waals surface area contributed by atoms with Gasteiger partial charge in [-0.1, -0.05) is 41.9 Å². The number of fused-ring (bicyclic) bond motifs is 4. The summed E-state index contributed by atoms with van der Waals surface area (Å²) in [5.74, 6) is -0.646. The molecule has 9 heteroatoms. The van der Waals surface area contributed by atoms with E-state index in [2.05, 4.69) is 9.97 Å². The average Bonchev–Trinajstić information content (AvgIpc) is 3.27. The van der Waals surface area contributed by atoms with Gasteiger partial charge in [0.1, 0.15) is 0 Å². The van der Waals surface area contributed by atoms with Crippen LogP contribution in [0.4, 0.5) is 0 Å². The van der Waals surface area contributed by atoms with E-state index in [-0.39, 0.29) is 10.6 Å². The van der Waals surface area contributed by atoms with E-state index in [9.17, 15) is 19.5 Å². The van der Waals surface area contributed by atoms with Gasteiger partial charge in [-0.3, -0.25) is 9.59 Å². The standard InChI is InChI=1S/C32H27ClN4O4/c1-15-8-10-20-23(12-15)36-31(40)37(30(20)39)25-7-5-6-18(16(25)2)26-22(33)14-21(29(34)38)28-27(26)19-11-9-17(32(3,4)41)13-24(19)35-28/h5-14,35,41H,1-4H3,(H2,34,38)(H,36,40). The summed E-state index contributed by atoms with van der Waals surface area (Å²) >= 11 is 6.88. The number of hydrogen-bond acceptors (Lipinski definition) is 4. The number of aliphatic hydroxyl groups is 1. The van der Waals surface area contributed by atoms with Gasteiger partial charge < -0.3 is 20.8 Å². The molecule has 6 rings (SSSR count). The van der Waals surface area contributed by atoms with E-state index in [0.29, 0.717) is 55.3 Å². The summed E-state index contributed by atoms with van der Waals surface area (Å²) in [7, 11) is 0. The molecule has 2 aromatic heterocycles. The maximum Gasteiger partial charge on any atom is 0.333 e. The molecule has 4 aromatic carbocycles. The van der Waals surface area contributed by atoms with Crippen LogP contribution in [0.25, 0.3) is 49.5 Å². The number of primary amides is 1. The molecule has 6 aromatic rings.